The number of hydrogen-bond acceptors (Lipinski definition) is 3. The maximum atomic E-state index is 11.5. The molecular weight excluding hydrogens is 290 g/mol. The van der Waals surface area contributed by atoms with Crippen LogP contribution in [0.15, 0.2) is 0 Å². The van der Waals surface area contributed by atoms with E-state index in [1.165, 1.54) is 32.1 Å². The van der Waals surface area contributed by atoms with Crippen molar-refractivity contribution in [2.24, 2.45) is 11.7 Å². The third-order valence-corrected chi connectivity index (χ3v) is 4.11. The van der Waals surface area contributed by atoms with Crippen LogP contribution in [-0.2, 0) is 0 Å². The van der Waals surface area contributed by atoms with E-state index in [0.29, 0.717) is 12.5 Å². The lowest BCUT2D eigenvalue weighted by Gasteiger charge is -2.27. The number of rotatable bonds is 8. The number of unbranched alkanes of at least 4 members (excludes halogenated alkanes) is 1. The molecule has 1 rings (SSSR count). The first-order chi connectivity index (χ1) is 9.63. The van der Waals surface area contributed by atoms with Gasteiger partial charge in [0.1, 0.15) is 0 Å². The summed E-state index contributed by atoms with van der Waals surface area (Å²) in [6, 6.07) is -0.462. The van der Waals surface area contributed by atoms with E-state index in [2.05, 4.69) is 17.6 Å². The fraction of sp³-hybridized carbons (Fsp3) is 0.933. The topological polar surface area (TPSA) is 87.4 Å². The lowest BCUT2D eigenvalue weighted by atomic mass is 9.84. The van der Waals surface area contributed by atoms with E-state index in [9.17, 15) is 9.90 Å². The Morgan fingerprint density at radius 1 is 1.29 bits per heavy atom. The molecule has 126 valence electrons. The van der Waals surface area contributed by atoms with Crippen molar-refractivity contribution in [3.05, 3.63) is 0 Å². The monoisotopic (exact) mass is 321 g/mol. The van der Waals surface area contributed by atoms with Crippen LogP contribution >= 0.6 is 12.4 Å². The van der Waals surface area contributed by atoms with Gasteiger partial charge >= 0.3 is 6.03 Å². The number of hydrogen-bond donors (Lipinski definition) is 4. The second-order valence-electron chi connectivity index (χ2n) is 5.96. The van der Waals surface area contributed by atoms with E-state index in [4.69, 9.17) is 5.73 Å². The molecule has 0 heterocycles. The Kier molecular flexibility index (Phi) is 11.8. The molecule has 0 aromatic carbocycles. The molecular formula is C15H32ClN3O2. The summed E-state index contributed by atoms with van der Waals surface area (Å²) in [5.74, 6) is 0.645. The zero-order chi connectivity index (χ0) is 14.8. The minimum Gasteiger partial charge on any atom is -0.390 e. The van der Waals surface area contributed by atoms with Gasteiger partial charge in [-0.15, -0.1) is 12.4 Å². The van der Waals surface area contributed by atoms with Gasteiger partial charge < -0.3 is 21.5 Å². The highest BCUT2D eigenvalue weighted by Gasteiger charge is 2.21. The molecule has 1 aliphatic carbocycles. The molecule has 1 fully saturated rings. The third-order valence-electron chi connectivity index (χ3n) is 4.11. The molecule has 6 heteroatoms. The van der Waals surface area contributed by atoms with Crippen molar-refractivity contribution in [2.45, 2.75) is 70.4 Å². The predicted molar refractivity (Wildman–Crippen MR) is 88.7 cm³/mol. The maximum absolute atomic E-state index is 11.5. The van der Waals surface area contributed by atoms with Gasteiger partial charge in [0, 0.05) is 19.1 Å². The first-order valence-electron chi connectivity index (χ1n) is 8.08. The number of nitrogens with one attached hydrogen (secondary N) is 2. The second-order valence-corrected chi connectivity index (χ2v) is 5.96. The van der Waals surface area contributed by atoms with E-state index in [0.717, 1.165) is 19.3 Å². The molecule has 0 unspecified atom stereocenters. The first-order valence-corrected chi connectivity index (χ1v) is 8.08. The quantitative estimate of drug-likeness (QED) is 0.517. The number of amides is 2. The van der Waals surface area contributed by atoms with E-state index >= 15 is 0 Å². The van der Waals surface area contributed by atoms with Gasteiger partial charge in [-0.1, -0.05) is 45.4 Å². The molecule has 1 saturated carbocycles. The molecule has 21 heavy (non-hydrogen) atoms. The molecule has 1 aliphatic rings. The molecule has 0 aliphatic heterocycles. The molecule has 0 radical (unpaired) electrons. The van der Waals surface area contributed by atoms with Crippen LogP contribution in [0.1, 0.15) is 58.3 Å². The van der Waals surface area contributed by atoms with Crippen LogP contribution in [0.3, 0.4) is 0 Å². The molecule has 0 saturated heterocycles. The molecule has 5 N–H and O–H groups in total. The average Bonchev–Trinajstić information content (AvgIpc) is 2.46. The molecule has 0 aromatic heterocycles. The number of carbonyl (C=O) groups is 1. The second kappa shape index (κ2) is 12.1. The van der Waals surface area contributed by atoms with Crippen molar-refractivity contribution >= 4 is 18.4 Å². The Balaban J connectivity index is 0.00000400. The van der Waals surface area contributed by atoms with Crippen LogP contribution in [0, 0.1) is 5.92 Å². The molecule has 0 spiro atoms. The Morgan fingerprint density at radius 2 is 1.95 bits per heavy atom. The summed E-state index contributed by atoms with van der Waals surface area (Å²) in [7, 11) is 0. The zero-order valence-corrected chi connectivity index (χ0v) is 14.0. The number of aliphatic hydroxyl groups excluding tert-OH is 1. The largest absolute Gasteiger partial charge is 0.390 e. The standard InChI is InChI=1S/C15H31N3O2.ClH/c1-2-3-9-17-15(20)18-11-14(19)13(16)10-12-7-5-4-6-8-12;/h12-14,19H,2-11,16H2,1H3,(H2,17,18,20);1H/t13-,14-;/m0./s1. The Hall–Kier alpha value is -0.520. The van der Waals surface area contributed by atoms with Gasteiger partial charge in [0.05, 0.1) is 6.10 Å². The Morgan fingerprint density at radius 3 is 2.57 bits per heavy atom. The first kappa shape index (κ1) is 20.5. The lowest BCUT2D eigenvalue weighted by Crippen LogP contribution is -2.47. The summed E-state index contributed by atoms with van der Waals surface area (Å²) in [4.78, 5) is 11.5. The Labute approximate surface area is 134 Å². The lowest BCUT2D eigenvalue weighted by molar-refractivity contribution is 0.126. The SMILES string of the molecule is CCCCNC(=O)NC[C@H](O)[C@@H](N)CC1CCCCC1.Cl. The number of urea groups is 1. The van der Waals surface area contributed by atoms with E-state index in [1.54, 1.807) is 0 Å². The van der Waals surface area contributed by atoms with Crippen LogP contribution in [0.5, 0.6) is 0 Å². The van der Waals surface area contributed by atoms with E-state index in [-0.39, 0.29) is 31.0 Å². The molecule has 0 bridgehead atoms. The van der Waals surface area contributed by atoms with Crippen molar-refractivity contribution in [1.82, 2.24) is 10.6 Å². The fourth-order valence-electron chi connectivity index (χ4n) is 2.75. The molecule has 2 amide bonds. The van der Waals surface area contributed by atoms with Gasteiger partial charge in [-0.25, -0.2) is 4.79 Å². The van der Waals surface area contributed by atoms with Crippen molar-refractivity contribution in [1.29, 1.82) is 0 Å². The van der Waals surface area contributed by atoms with Gasteiger partial charge in [-0.2, -0.15) is 0 Å². The summed E-state index contributed by atoms with van der Waals surface area (Å²) in [5, 5.41) is 15.4. The number of carbonyl (C=O) groups excluding carboxylic acids is 1. The van der Waals surface area contributed by atoms with Crippen molar-refractivity contribution < 1.29 is 9.90 Å². The summed E-state index contributed by atoms with van der Waals surface area (Å²) >= 11 is 0. The van der Waals surface area contributed by atoms with Gasteiger partial charge in [-0.3, -0.25) is 0 Å². The smallest absolute Gasteiger partial charge is 0.314 e. The van der Waals surface area contributed by atoms with E-state index in [1.807, 2.05) is 0 Å². The average molecular weight is 322 g/mol. The Bertz CT molecular complexity index is 274. The number of halogens is 1. The highest BCUT2D eigenvalue weighted by atomic mass is 35.5. The third kappa shape index (κ3) is 9.17. The molecule has 2 atom stereocenters. The number of nitrogens with two attached hydrogens (primary N) is 1. The summed E-state index contributed by atoms with van der Waals surface area (Å²) in [6.07, 6.45) is 8.57. The highest BCUT2D eigenvalue weighted by molar-refractivity contribution is 5.85. The van der Waals surface area contributed by atoms with Crippen LogP contribution < -0.4 is 16.4 Å². The molecule has 5 nitrogen and oxygen atoms in total. The van der Waals surface area contributed by atoms with E-state index < -0.39 is 6.10 Å². The van der Waals surface area contributed by atoms with Gasteiger partial charge in [0.2, 0.25) is 0 Å². The highest BCUT2D eigenvalue weighted by Crippen LogP contribution is 2.27. The van der Waals surface area contributed by atoms with Crippen molar-refractivity contribution in [3.8, 4) is 0 Å². The van der Waals surface area contributed by atoms with Gasteiger partial charge in [0.15, 0.2) is 0 Å². The minimum absolute atomic E-state index is 0. The van der Waals surface area contributed by atoms with Crippen LogP contribution in [-0.4, -0.2) is 36.4 Å². The van der Waals surface area contributed by atoms with Crippen molar-refractivity contribution in [3.63, 3.8) is 0 Å². The summed E-state index contributed by atoms with van der Waals surface area (Å²) < 4.78 is 0. The zero-order valence-electron chi connectivity index (χ0n) is 13.1. The summed E-state index contributed by atoms with van der Waals surface area (Å²) in [5.41, 5.74) is 6.03. The fourth-order valence-corrected chi connectivity index (χ4v) is 2.75. The van der Waals surface area contributed by atoms with Crippen molar-refractivity contribution in [2.75, 3.05) is 13.1 Å². The minimum atomic E-state index is -0.658. The van der Waals surface area contributed by atoms with Crippen LogP contribution in [0.2, 0.25) is 0 Å². The van der Waals surface area contributed by atoms with Gasteiger partial charge in [0.25, 0.3) is 0 Å². The number of aliphatic hydroxyl groups is 1. The maximum Gasteiger partial charge on any atom is 0.314 e. The van der Waals surface area contributed by atoms with Crippen LogP contribution in [0.4, 0.5) is 4.79 Å². The van der Waals surface area contributed by atoms with Gasteiger partial charge in [-0.05, 0) is 18.8 Å². The summed E-state index contributed by atoms with van der Waals surface area (Å²) in [6.45, 7) is 2.98. The predicted octanol–water partition coefficient (Wildman–Crippen LogP) is 2.17. The normalized spacial score (nSPS) is 18.4. The van der Waals surface area contributed by atoms with Crippen LogP contribution in [0.25, 0.3) is 0 Å². The molecule has 0 aromatic rings.